The summed E-state index contributed by atoms with van der Waals surface area (Å²) in [5, 5.41) is 10.7. The van der Waals surface area contributed by atoms with Crippen LogP contribution in [0.4, 0.5) is 5.69 Å². The summed E-state index contributed by atoms with van der Waals surface area (Å²) in [4.78, 5) is 10.4. The van der Waals surface area contributed by atoms with E-state index in [0.29, 0.717) is 5.92 Å². The lowest BCUT2D eigenvalue weighted by Crippen LogP contribution is -2.01. The smallest absolute Gasteiger partial charge is 0.258 e. The Morgan fingerprint density at radius 1 is 1.43 bits per heavy atom. The van der Waals surface area contributed by atoms with Crippen LogP contribution >= 0.6 is 0 Å². The Morgan fingerprint density at radius 3 is 2.64 bits per heavy atom. The van der Waals surface area contributed by atoms with Gasteiger partial charge in [-0.15, -0.1) is 0 Å². The first-order chi connectivity index (χ1) is 6.65. The fraction of sp³-hybridized carbons (Fsp3) is 0.455. The van der Waals surface area contributed by atoms with Crippen LogP contribution < -0.4 is 0 Å². The van der Waals surface area contributed by atoms with Crippen LogP contribution in [0.25, 0.3) is 0 Å². The number of para-hydroxylation sites is 1. The second kappa shape index (κ2) is 4.74. The van der Waals surface area contributed by atoms with Gasteiger partial charge in [0.15, 0.2) is 0 Å². The van der Waals surface area contributed by atoms with Gasteiger partial charge in [0.25, 0.3) is 5.69 Å². The first kappa shape index (κ1) is 10.7. The van der Waals surface area contributed by atoms with Crippen molar-refractivity contribution in [3.05, 3.63) is 39.9 Å². The predicted molar refractivity (Wildman–Crippen MR) is 56.3 cm³/mol. The van der Waals surface area contributed by atoms with Crippen molar-refractivity contribution in [2.75, 3.05) is 0 Å². The molecule has 0 saturated heterocycles. The number of benzene rings is 1. The monoisotopic (exact) mass is 193 g/mol. The molecule has 3 nitrogen and oxygen atoms in total. The molecule has 76 valence electrons. The molecule has 1 aromatic rings. The number of rotatable bonds is 4. The van der Waals surface area contributed by atoms with Crippen molar-refractivity contribution in [2.24, 2.45) is 5.92 Å². The zero-order chi connectivity index (χ0) is 10.6. The molecule has 0 bridgehead atoms. The zero-order valence-corrected chi connectivity index (χ0v) is 8.56. The first-order valence-electron chi connectivity index (χ1n) is 4.87. The van der Waals surface area contributed by atoms with Gasteiger partial charge in [0, 0.05) is 11.6 Å². The van der Waals surface area contributed by atoms with Crippen molar-refractivity contribution in [1.82, 2.24) is 0 Å². The first-order valence-corrected chi connectivity index (χ1v) is 4.87. The van der Waals surface area contributed by atoms with Crippen molar-refractivity contribution in [1.29, 1.82) is 0 Å². The molecule has 0 spiro atoms. The van der Waals surface area contributed by atoms with Crippen LogP contribution in [-0.2, 0) is 6.42 Å². The minimum atomic E-state index is -0.308. The van der Waals surface area contributed by atoms with Crippen LogP contribution in [0.1, 0.15) is 25.8 Å². The summed E-state index contributed by atoms with van der Waals surface area (Å²) in [7, 11) is 0. The molecule has 14 heavy (non-hydrogen) atoms. The predicted octanol–water partition coefficient (Wildman–Crippen LogP) is 3.18. The van der Waals surface area contributed by atoms with E-state index in [1.54, 1.807) is 12.1 Å². The quantitative estimate of drug-likeness (QED) is 0.544. The summed E-state index contributed by atoms with van der Waals surface area (Å²) < 4.78 is 0. The van der Waals surface area contributed by atoms with Gasteiger partial charge in [-0.1, -0.05) is 38.5 Å². The summed E-state index contributed by atoms with van der Waals surface area (Å²) >= 11 is 0. The standard InChI is InChI=1S/C11H15NO2/c1-3-9(2)8-10-6-4-5-7-11(10)12(13)14/h4-7,9H,3,8H2,1-2H3. The fourth-order valence-electron chi connectivity index (χ4n) is 1.38. The lowest BCUT2D eigenvalue weighted by molar-refractivity contribution is -0.385. The molecule has 0 aliphatic rings. The van der Waals surface area contributed by atoms with Gasteiger partial charge in [0.1, 0.15) is 0 Å². The van der Waals surface area contributed by atoms with Crippen LogP contribution in [0, 0.1) is 16.0 Å². The van der Waals surface area contributed by atoms with Gasteiger partial charge >= 0.3 is 0 Å². The third-order valence-corrected chi connectivity index (χ3v) is 2.45. The second-order valence-corrected chi connectivity index (χ2v) is 3.60. The summed E-state index contributed by atoms with van der Waals surface area (Å²) in [5.74, 6) is 0.496. The van der Waals surface area contributed by atoms with Crippen molar-refractivity contribution in [2.45, 2.75) is 26.7 Å². The maximum Gasteiger partial charge on any atom is 0.272 e. The van der Waals surface area contributed by atoms with Crippen molar-refractivity contribution >= 4 is 5.69 Å². The minimum Gasteiger partial charge on any atom is -0.258 e. The van der Waals surface area contributed by atoms with Gasteiger partial charge in [-0.25, -0.2) is 0 Å². The molecular formula is C11H15NO2. The summed E-state index contributed by atoms with van der Waals surface area (Å²) in [6, 6.07) is 6.96. The van der Waals surface area contributed by atoms with E-state index in [4.69, 9.17) is 0 Å². The van der Waals surface area contributed by atoms with Crippen LogP contribution in [0.15, 0.2) is 24.3 Å². The number of nitrogens with zero attached hydrogens (tertiary/aromatic N) is 1. The Labute approximate surface area is 83.9 Å². The van der Waals surface area contributed by atoms with Gasteiger partial charge in [-0.3, -0.25) is 10.1 Å². The third-order valence-electron chi connectivity index (χ3n) is 2.45. The van der Waals surface area contributed by atoms with Gasteiger partial charge in [-0.2, -0.15) is 0 Å². The van der Waals surface area contributed by atoms with Crippen LogP contribution in [0.5, 0.6) is 0 Å². The third kappa shape index (κ3) is 2.55. The molecule has 0 heterocycles. The highest BCUT2D eigenvalue weighted by molar-refractivity contribution is 5.39. The molecular weight excluding hydrogens is 178 g/mol. The van der Waals surface area contributed by atoms with E-state index in [1.165, 1.54) is 0 Å². The van der Waals surface area contributed by atoms with Gasteiger partial charge in [-0.05, 0) is 12.3 Å². The van der Waals surface area contributed by atoms with Crippen molar-refractivity contribution in [3.63, 3.8) is 0 Å². The number of hydrogen-bond donors (Lipinski definition) is 0. The van der Waals surface area contributed by atoms with Gasteiger partial charge in [0.05, 0.1) is 4.92 Å². The van der Waals surface area contributed by atoms with E-state index in [2.05, 4.69) is 13.8 Å². The molecule has 1 rings (SSSR count). The van der Waals surface area contributed by atoms with E-state index in [1.807, 2.05) is 12.1 Å². The Bertz CT molecular complexity index is 323. The van der Waals surface area contributed by atoms with Gasteiger partial charge in [0.2, 0.25) is 0 Å². The maximum absolute atomic E-state index is 10.7. The van der Waals surface area contributed by atoms with E-state index >= 15 is 0 Å². The Balaban J connectivity index is 2.90. The van der Waals surface area contributed by atoms with E-state index in [-0.39, 0.29) is 10.6 Å². The zero-order valence-electron chi connectivity index (χ0n) is 8.56. The molecule has 1 aromatic carbocycles. The average Bonchev–Trinajstić information content (AvgIpc) is 2.18. The summed E-state index contributed by atoms with van der Waals surface area (Å²) in [6.07, 6.45) is 1.83. The molecule has 0 saturated carbocycles. The van der Waals surface area contributed by atoms with Crippen molar-refractivity contribution in [3.8, 4) is 0 Å². The number of hydrogen-bond acceptors (Lipinski definition) is 2. The van der Waals surface area contributed by atoms with Crippen LogP contribution in [0.3, 0.4) is 0 Å². The summed E-state index contributed by atoms with van der Waals surface area (Å²) in [6.45, 7) is 4.20. The normalized spacial score (nSPS) is 12.4. The molecule has 0 amide bonds. The lowest BCUT2D eigenvalue weighted by Gasteiger charge is -2.08. The molecule has 0 fully saturated rings. The van der Waals surface area contributed by atoms with Crippen LogP contribution in [-0.4, -0.2) is 4.92 Å². The van der Waals surface area contributed by atoms with Gasteiger partial charge < -0.3 is 0 Å². The highest BCUT2D eigenvalue weighted by atomic mass is 16.6. The average molecular weight is 193 g/mol. The molecule has 3 heteroatoms. The second-order valence-electron chi connectivity index (χ2n) is 3.60. The van der Waals surface area contributed by atoms with E-state index in [0.717, 1.165) is 18.4 Å². The maximum atomic E-state index is 10.7. The fourth-order valence-corrected chi connectivity index (χ4v) is 1.38. The molecule has 0 aliphatic carbocycles. The highest BCUT2D eigenvalue weighted by Crippen LogP contribution is 2.21. The topological polar surface area (TPSA) is 43.1 Å². The summed E-state index contributed by atoms with van der Waals surface area (Å²) in [5.41, 5.74) is 1.08. The van der Waals surface area contributed by atoms with E-state index in [9.17, 15) is 10.1 Å². The molecule has 0 aliphatic heterocycles. The SMILES string of the molecule is CCC(C)Cc1ccccc1[N+](=O)[O-]. The largest absolute Gasteiger partial charge is 0.272 e. The lowest BCUT2D eigenvalue weighted by atomic mass is 9.98. The van der Waals surface area contributed by atoms with Crippen LogP contribution in [0.2, 0.25) is 0 Å². The molecule has 1 atom stereocenters. The number of nitro groups is 1. The molecule has 0 aromatic heterocycles. The highest BCUT2D eigenvalue weighted by Gasteiger charge is 2.13. The molecule has 1 unspecified atom stereocenters. The Hall–Kier alpha value is -1.38. The van der Waals surface area contributed by atoms with Crippen molar-refractivity contribution < 1.29 is 4.92 Å². The Morgan fingerprint density at radius 2 is 2.07 bits per heavy atom. The molecule has 0 radical (unpaired) electrons. The minimum absolute atomic E-state index is 0.243. The molecule has 0 N–H and O–H groups in total. The Kier molecular flexibility index (Phi) is 3.63. The number of nitro benzene ring substituents is 1. The van der Waals surface area contributed by atoms with E-state index < -0.39 is 0 Å².